The average Bonchev–Trinajstić information content (AvgIpc) is 2.93. The van der Waals surface area contributed by atoms with Crippen LogP contribution in [0, 0.1) is 5.82 Å². The maximum atomic E-state index is 13.7. The molecular formula is C16H20FNO2. The fraction of sp³-hybridized carbons (Fsp3) is 0.375. The largest absolute Gasteiger partial charge is 0.494 e. The summed E-state index contributed by atoms with van der Waals surface area (Å²) in [6, 6.07) is 9.01. The summed E-state index contributed by atoms with van der Waals surface area (Å²) in [4.78, 5) is 0. The Morgan fingerprint density at radius 1 is 1.30 bits per heavy atom. The number of likely N-dealkylation sites (N-methyl/N-ethyl adjacent to an activating group) is 1. The summed E-state index contributed by atoms with van der Waals surface area (Å²) >= 11 is 0. The van der Waals surface area contributed by atoms with E-state index in [0.29, 0.717) is 6.42 Å². The van der Waals surface area contributed by atoms with Crippen LogP contribution in [0.1, 0.15) is 30.0 Å². The van der Waals surface area contributed by atoms with Crippen LogP contribution in [0.25, 0.3) is 0 Å². The molecule has 0 aliphatic carbocycles. The number of halogens is 1. The lowest BCUT2D eigenvalue weighted by Crippen LogP contribution is -2.18. The quantitative estimate of drug-likeness (QED) is 0.877. The molecule has 108 valence electrons. The van der Waals surface area contributed by atoms with Crippen LogP contribution in [-0.2, 0) is 12.8 Å². The zero-order valence-electron chi connectivity index (χ0n) is 12.1. The van der Waals surface area contributed by atoms with E-state index < -0.39 is 0 Å². The summed E-state index contributed by atoms with van der Waals surface area (Å²) in [5.41, 5.74) is 0.900. The monoisotopic (exact) mass is 277 g/mol. The summed E-state index contributed by atoms with van der Waals surface area (Å²) in [7, 11) is 3.34. The van der Waals surface area contributed by atoms with Crippen LogP contribution in [0.5, 0.6) is 5.75 Å². The smallest absolute Gasteiger partial charge is 0.165 e. The number of ether oxygens (including phenoxy) is 1. The number of aryl methyl sites for hydroxylation is 1. The molecule has 3 nitrogen and oxygen atoms in total. The minimum atomic E-state index is -0.339. The molecule has 0 aliphatic rings. The lowest BCUT2D eigenvalue weighted by Gasteiger charge is -2.14. The molecule has 2 rings (SSSR count). The van der Waals surface area contributed by atoms with Gasteiger partial charge in [0, 0.05) is 6.42 Å². The van der Waals surface area contributed by atoms with E-state index in [1.165, 1.54) is 13.2 Å². The molecule has 0 amide bonds. The maximum Gasteiger partial charge on any atom is 0.165 e. The second-order valence-electron chi connectivity index (χ2n) is 4.67. The van der Waals surface area contributed by atoms with E-state index in [1.807, 2.05) is 25.2 Å². The number of benzene rings is 1. The number of methoxy groups -OCH3 is 1. The van der Waals surface area contributed by atoms with Gasteiger partial charge in [-0.2, -0.15) is 0 Å². The Hall–Kier alpha value is -1.81. The van der Waals surface area contributed by atoms with Crippen molar-refractivity contribution in [1.29, 1.82) is 0 Å². The van der Waals surface area contributed by atoms with Crippen LogP contribution in [0.3, 0.4) is 0 Å². The van der Waals surface area contributed by atoms with Gasteiger partial charge < -0.3 is 14.5 Å². The Labute approximate surface area is 118 Å². The molecule has 0 saturated carbocycles. The molecule has 0 radical (unpaired) electrons. The van der Waals surface area contributed by atoms with Crippen LogP contribution >= 0.6 is 0 Å². The van der Waals surface area contributed by atoms with Crippen molar-refractivity contribution in [2.24, 2.45) is 0 Å². The van der Waals surface area contributed by atoms with Gasteiger partial charge in [-0.3, -0.25) is 0 Å². The molecule has 0 bridgehead atoms. The first-order chi connectivity index (χ1) is 9.67. The van der Waals surface area contributed by atoms with Crippen LogP contribution in [-0.4, -0.2) is 14.2 Å². The van der Waals surface area contributed by atoms with Crippen LogP contribution in [0.15, 0.2) is 34.7 Å². The predicted molar refractivity (Wildman–Crippen MR) is 76.5 cm³/mol. The number of rotatable bonds is 6. The van der Waals surface area contributed by atoms with E-state index in [1.54, 1.807) is 6.07 Å². The lowest BCUT2D eigenvalue weighted by atomic mass is 10.0. The Morgan fingerprint density at radius 2 is 2.10 bits per heavy atom. The zero-order valence-corrected chi connectivity index (χ0v) is 12.1. The number of furan rings is 1. The van der Waals surface area contributed by atoms with Crippen molar-refractivity contribution in [3.8, 4) is 5.75 Å². The highest BCUT2D eigenvalue weighted by molar-refractivity contribution is 5.30. The normalized spacial score (nSPS) is 12.4. The minimum Gasteiger partial charge on any atom is -0.494 e. The Bertz CT molecular complexity index is 565. The first-order valence-electron chi connectivity index (χ1n) is 6.76. The van der Waals surface area contributed by atoms with Crippen LogP contribution < -0.4 is 10.1 Å². The van der Waals surface area contributed by atoms with Gasteiger partial charge in [-0.25, -0.2) is 4.39 Å². The maximum absolute atomic E-state index is 13.7. The van der Waals surface area contributed by atoms with Gasteiger partial charge in [0.1, 0.15) is 11.5 Å². The van der Waals surface area contributed by atoms with Crippen molar-refractivity contribution in [3.05, 3.63) is 53.2 Å². The lowest BCUT2D eigenvalue weighted by molar-refractivity contribution is 0.385. The summed E-state index contributed by atoms with van der Waals surface area (Å²) < 4.78 is 24.4. The van der Waals surface area contributed by atoms with E-state index in [9.17, 15) is 4.39 Å². The predicted octanol–water partition coefficient (Wildman–Crippen LogP) is 3.49. The van der Waals surface area contributed by atoms with Gasteiger partial charge in [0.05, 0.1) is 13.2 Å². The van der Waals surface area contributed by atoms with E-state index in [4.69, 9.17) is 9.15 Å². The highest BCUT2D eigenvalue weighted by atomic mass is 19.1. The molecule has 1 atom stereocenters. The van der Waals surface area contributed by atoms with Crippen molar-refractivity contribution in [2.75, 3.05) is 14.2 Å². The van der Waals surface area contributed by atoms with Gasteiger partial charge in [-0.15, -0.1) is 0 Å². The molecule has 1 aromatic heterocycles. The SMILES string of the molecule is CCc1ccc(C(Cc2ccc(OC)c(F)c2)NC)o1. The molecule has 2 aromatic rings. The van der Waals surface area contributed by atoms with E-state index in [-0.39, 0.29) is 17.6 Å². The molecule has 0 saturated heterocycles. The van der Waals surface area contributed by atoms with E-state index in [2.05, 4.69) is 12.2 Å². The average molecular weight is 277 g/mol. The number of nitrogens with one attached hydrogen (secondary N) is 1. The topological polar surface area (TPSA) is 34.4 Å². The molecular weight excluding hydrogens is 257 g/mol. The third-order valence-corrected chi connectivity index (χ3v) is 3.38. The highest BCUT2D eigenvalue weighted by Crippen LogP contribution is 2.24. The molecule has 1 N–H and O–H groups in total. The van der Waals surface area contributed by atoms with E-state index in [0.717, 1.165) is 23.5 Å². The van der Waals surface area contributed by atoms with Crippen molar-refractivity contribution < 1.29 is 13.5 Å². The molecule has 0 spiro atoms. The van der Waals surface area contributed by atoms with Gasteiger partial charge in [0.15, 0.2) is 11.6 Å². The molecule has 0 aliphatic heterocycles. The fourth-order valence-corrected chi connectivity index (χ4v) is 2.19. The standard InChI is InChI=1S/C16H20FNO2/c1-4-12-6-8-16(20-12)14(18-2)10-11-5-7-15(19-3)13(17)9-11/h5-9,14,18H,4,10H2,1-3H3. The van der Waals surface area contributed by atoms with Gasteiger partial charge in [0.2, 0.25) is 0 Å². The first-order valence-corrected chi connectivity index (χ1v) is 6.76. The summed E-state index contributed by atoms with van der Waals surface area (Å²) in [6.07, 6.45) is 1.53. The summed E-state index contributed by atoms with van der Waals surface area (Å²) in [5, 5.41) is 3.20. The molecule has 1 aromatic carbocycles. The van der Waals surface area contributed by atoms with Crippen LogP contribution in [0.4, 0.5) is 4.39 Å². The number of hydrogen-bond donors (Lipinski definition) is 1. The van der Waals surface area contributed by atoms with Gasteiger partial charge >= 0.3 is 0 Å². The molecule has 1 unspecified atom stereocenters. The molecule has 20 heavy (non-hydrogen) atoms. The Morgan fingerprint density at radius 3 is 2.65 bits per heavy atom. The molecule has 1 heterocycles. The molecule has 4 heteroatoms. The van der Waals surface area contributed by atoms with Gasteiger partial charge in [0.25, 0.3) is 0 Å². The highest BCUT2D eigenvalue weighted by Gasteiger charge is 2.15. The Kier molecular flexibility index (Phi) is 4.79. The third kappa shape index (κ3) is 3.20. The Balaban J connectivity index is 2.15. The molecule has 0 fully saturated rings. The van der Waals surface area contributed by atoms with Gasteiger partial charge in [-0.05, 0) is 43.3 Å². The second-order valence-corrected chi connectivity index (χ2v) is 4.67. The number of hydrogen-bond acceptors (Lipinski definition) is 3. The van der Waals surface area contributed by atoms with E-state index >= 15 is 0 Å². The van der Waals surface area contributed by atoms with Crippen molar-refractivity contribution in [1.82, 2.24) is 5.32 Å². The van der Waals surface area contributed by atoms with Crippen molar-refractivity contribution >= 4 is 0 Å². The van der Waals surface area contributed by atoms with Crippen molar-refractivity contribution in [3.63, 3.8) is 0 Å². The van der Waals surface area contributed by atoms with Gasteiger partial charge in [-0.1, -0.05) is 13.0 Å². The minimum absolute atomic E-state index is 0.0306. The zero-order chi connectivity index (χ0) is 14.5. The first kappa shape index (κ1) is 14.6. The summed E-state index contributed by atoms with van der Waals surface area (Å²) in [5.74, 6) is 1.76. The van der Waals surface area contributed by atoms with Crippen molar-refractivity contribution in [2.45, 2.75) is 25.8 Å². The summed E-state index contributed by atoms with van der Waals surface area (Å²) in [6.45, 7) is 2.05. The van der Waals surface area contributed by atoms with Crippen LogP contribution in [0.2, 0.25) is 0 Å². The fourth-order valence-electron chi connectivity index (χ4n) is 2.19. The third-order valence-electron chi connectivity index (χ3n) is 3.38. The second kappa shape index (κ2) is 6.57.